The summed E-state index contributed by atoms with van der Waals surface area (Å²) in [5.74, 6) is 0. The van der Waals surface area contributed by atoms with Crippen LogP contribution < -0.4 is 4.90 Å². The highest BCUT2D eigenvalue weighted by molar-refractivity contribution is 5.91. The molecule has 0 heterocycles. The third kappa shape index (κ3) is 6.32. The molecule has 0 unspecified atom stereocenters. The van der Waals surface area contributed by atoms with Crippen LogP contribution in [-0.4, -0.2) is 0 Å². The molecule has 0 fully saturated rings. The Labute approximate surface area is 404 Å². The van der Waals surface area contributed by atoms with E-state index >= 15 is 0 Å². The Balaban J connectivity index is 0.944. The molecule has 13 rings (SSSR count). The minimum Gasteiger partial charge on any atom is -0.310 e. The standard InChI is InChI=1S/C68H47N/c1-6-24-52(25-7-1)67(53-26-8-2-9-27-53)63-38-18-16-36-59(63)61-42-40-50(46-65(61)67)48-22-20-34-57(44-48)69(56-32-14-5-15-33-56)58-35-21-23-49(45-58)51-41-43-62-60-37-17-19-39-64(60)68(66(62)47-51,54-28-10-3-11-29-54)55-30-12-4-13-31-55/h1-47H. The van der Waals surface area contributed by atoms with Crippen molar-refractivity contribution in [2.45, 2.75) is 10.8 Å². The summed E-state index contributed by atoms with van der Waals surface area (Å²) in [6.45, 7) is 0. The van der Waals surface area contributed by atoms with E-state index in [0.717, 1.165) is 28.2 Å². The summed E-state index contributed by atoms with van der Waals surface area (Å²) in [6, 6.07) is 105. The Morgan fingerprint density at radius 2 is 0.507 bits per heavy atom. The molecule has 0 spiro atoms. The molecule has 0 aliphatic heterocycles. The van der Waals surface area contributed by atoms with Crippen LogP contribution in [0.3, 0.4) is 0 Å². The lowest BCUT2D eigenvalue weighted by atomic mass is 9.67. The van der Waals surface area contributed by atoms with Crippen LogP contribution in [0.15, 0.2) is 285 Å². The zero-order valence-corrected chi connectivity index (χ0v) is 38.1. The highest BCUT2D eigenvalue weighted by Gasteiger charge is 2.47. The minimum atomic E-state index is -0.471. The fourth-order valence-corrected chi connectivity index (χ4v) is 11.9. The first-order chi connectivity index (χ1) is 34.2. The van der Waals surface area contributed by atoms with Crippen LogP contribution in [-0.2, 0) is 10.8 Å². The van der Waals surface area contributed by atoms with Gasteiger partial charge in [0.1, 0.15) is 0 Å². The summed E-state index contributed by atoms with van der Waals surface area (Å²) in [4.78, 5) is 2.40. The maximum absolute atomic E-state index is 2.46. The van der Waals surface area contributed by atoms with Gasteiger partial charge in [-0.3, -0.25) is 0 Å². The number of rotatable bonds is 9. The van der Waals surface area contributed by atoms with Gasteiger partial charge in [-0.1, -0.05) is 237 Å². The summed E-state index contributed by atoms with van der Waals surface area (Å²) in [5, 5.41) is 0. The fraction of sp³-hybridized carbons (Fsp3) is 0.0294. The molecule has 0 aromatic heterocycles. The highest BCUT2D eigenvalue weighted by atomic mass is 15.1. The predicted molar refractivity (Wildman–Crippen MR) is 287 cm³/mol. The maximum atomic E-state index is 2.46. The van der Waals surface area contributed by atoms with Crippen LogP contribution in [0, 0.1) is 0 Å². The molecular formula is C68H47N. The summed E-state index contributed by atoms with van der Waals surface area (Å²) in [6.07, 6.45) is 0. The number of nitrogens with zero attached hydrogens (tertiary/aromatic N) is 1. The van der Waals surface area contributed by atoms with Crippen LogP contribution in [0.1, 0.15) is 44.5 Å². The average Bonchev–Trinajstić information content (AvgIpc) is 3.90. The molecule has 0 N–H and O–H groups in total. The van der Waals surface area contributed by atoms with Crippen molar-refractivity contribution >= 4 is 17.1 Å². The Morgan fingerprint density at radius 3 is 0.899 bits per heavy atom. The normalized spacial score (nSPS) is 13.4. The summed E-state index contributed by atoms with van der Waals surface area (Å²) < 4.78 is 0. The third-order valence-electron chi connectivity index (χ3n) is 14.8. The molecule has 2 aliphatic carbocycles. The molecule has 1 nitrogen and oxygen atoms in total. The van der Waals surface area contributed by atoms with E-state index in [9.17, 15) is 0 Å². The number of hydrogen-bond donors (Lipinski definition) is 0. The maximum Gasteiger partial charge on any atom is 0.0713 e. The van der Waals surface area contributed by atoms with E-state index < -0.39 is 10.8 Å². The van der Waals surface area contributed by atoms with Crippen molar-refractivity contribution < 1.29 is 0 Å². The molecule has 0 atom stereocenters. The van der Waals surface area contributed by atoms with Crippen molar-refractivity contribution in [2.24, 2.45) is 0 Å². The van der Waals surface area contributed by atoms with E-state index in [2.05, 4.69) is 290 Å². The lowest BCUT2D eigenvalue weighted by Crippen LogP contribution is -2.28. The van der Waals surface area contributed by atoms with Crippen LogP contribution in [0.4, 0.5) is 17.1 Å². The molecule has 11 aromatic rings. The Hall–Kier alpha value is -8.78. The first-order valence-electron chi connectivity index (χ1n) is 24.0. The monoisotopic (exact) mass is 877 g/mol. The van der Waals surface area contributed by atoms with Gasteiger partial charge >= 0.3 is 0 Å². The van der Waals surface area contributed by atoms with Crippen molar-refractivity contribution in [3.8, 4) is 44.5 Å². The molecule has 2 aliphatic rings. The van der Waals surface area contributed by atoms with Gasteiger partial charge in [-0.05, 0) is 138 Å². The molecule has 0 bridgehead atoms. The second-order valence-electron chi connectivity index (χ2n) is 18.3. The molecule has 0 saturated carbocycles. The smallest absolute Gasteiger partial charge is 0.0713 e. The van der Waals surface area contributed by atoms with Gasteiger partial charge in [-0.15, -0.1) is 0 Å². The lowest BCUT2D eigenvalue weighted by molar-refractivity contribution is 0.769. The topological polar surface area (TPSA) is 3.24 Å². The first-order valence-corrected chi connectivity index (χ1v) is 24.0. The molecule has 0 amide bonds. The van der Waals surface area contributed by atoms with Gasteiger partial charge in [0, 0.05) is 17.1 Å². The van der Waals surface area contributed by atoms with Crippen LogP contribution in [0.5, 0.6) is 0 Å². The SMILES string of the molecule is c1ccc(N(c2cccc(-c3ccc4c(c3)C(c3ccccc3)(c3ccccc3)c3ccccc3-4)c2)c2cccc(-c3ccc4c(c3)C(c3ccccc3)(c3ccccc3)c3ccccc3-4)c2)cc1. The highest BCUT2D eigenvalue weighted by Crippen LogP contribution is 2.58. The summed E-state index contributed by atoms with van der Waals surface area (Å²) >= 11 is 0. The minimum absolute atomic E-state index is 0.471. The zero-order chi connectivity index (χ0) is 45.8. The summed E-state index contributed by atoms with van der Waals surface area (Å²) in [7, 11) is 0. The number of para-hydroxylation sites is 1. The first kappa shape index (κ1) is 40.5. The van der Waals surface area contributed by atoms with Crippen molar-refractivity contribution in [3.05, 3.63) is 330 Å². The van der Waals surface area contributed by atoms with Crippen LogP contribution >= 0.6 is 0 Å². The zero-order valence-electron chi connectivity index (χ0n) is 38.1. The molecular weight excluding hydrogens is 831 g/mol. The fourth-order valence-electron chi connectivity index (χ4n) is 11.9. The number of benzene rings is 11. The van der Waals surface area contributed by atoms with E-state index in [1.165, 1.54) is 77.9 Å². The lowest BCUT2D eigenvalue weighted by Gasteiger charge is -2.34. The largest absolute Gasteiger partial charge is 0.310 e. The molecule has 0 radical (unpaired) electrons. The summed E-state index contributed by atoms with van der Waals surface area (Å²) in [5.41, 5.74) is 22.5. The van der Waals surface area contributed by atoms with E-state index in [-0.39, 0.29) is 0 Å². The van der Waals surface area contributed by atoms with E-state index in [1.54, 1.807) is 0 Å². The van der Waals surface area contributed by atoms with Crippen molar-refractivity contribution in [3.63, 3.8) is 0 Å². The van der Waals surface area contributed by atoms with Crippen molar-refractivity contribution in [2.75, 3.05) is 4.90 Å². The van der Waals surface area contributed by atoms with Gasteiger partial charge in [0.05, 0.1) is 10.8 Å². The Kier molecular flexibility index (Phi) is 9.70. The van der Waals surface area contributed by atoms with E-state index in [0.29, 0.717) is 0 Å². The molecule has 0 saturated heterocycles. The predicted octanol–water partition coefficient (Wildman–Crippen LogP) is 17.2. The van der Waals surface area contributed by atoms with Gasteiger partial charge in [0.25, 0.3) is 0 Å². The second-order valence-corrected chi connectivity index (χ2v) is 18.3. The van der Waals surface area contributed by atoms with Gasteiger partial charge in [-0.25, -0.2) is 0 Å². The van der Waals surface area contributed by atoms with Crippen LogP contribution in [0.25, 0.3) is 44.5 Å². The number of fused-ring (bicyclic) bond motifs is 6. The van der Waals surface area contributed by atoms with Crippen molar-refractivity contribution in [1.82, 2.24) is 0 Å². The second kappa shape index (κ2) is 16.5. The molecule has 69 heavy (non-hydrogen) atoms. The van der Waals surface area contributed by atoms with Gasteiger partial charge in [0.2, 0.25) is 0 Å². The Bertz CT molecular complexity index is 3350. The van der Waals surface area contributed by atoms with E-state index in [1.807, 2.05) is 0 Å². The van der Waals surface area contributed by atoms with Gasteiger partial charge < -0.3 is 4.90 Å². The van der Waals surface area contributed by atoms with Gasteiger partial charge in [-0.2, -0.15) is 0 Å². The quantitative estimate of drug-likeness (QED) is 0.140. The third-order valence-corrected chi connectivity index (χ3v) is 14.8. The van der Waals surface area contributed by atoms with Crippen molar-refractivity contribution in [1.29, 1.82) is 0 Å². The number of anilines is 3. The molecule has 324 valence electrons. The molecule has 1 heteroatoms. The van der Waals surface area contributed by atoms with Gasteiger partial charge in [0.15, 0.2) is 0 Å². The van der Waals surface area contributed by atoms with E-state index in [4.69, 9.17) is 0 Å². The average molecular weight is 878 g/mol. The molecule has 11 aromatic carbocycles. The van der Waals surface area contributed by atoms with Crippen LogP contribution in [0.2, 0.25) is 0 Å². The Morgan fingerprint density at radius 1 is 0.203 bits per heavy atom. The number of hydrogen-bond acceptors (Lipinski definition) is 1.